The van der Waals surface area contributed by atoms with Gasteiger partial charge in [0.15, 0.2) is 0 Å². The van der Waals surface area contributed by atoms with Crippen LogP contribution in [0.3, 0.4) is 0 Å². The van der Waals surface area contributed by atoms with Crippen LogP contribution in [0.4, 0.5) is 0 Å². The van der Waals surface area contributed by atoms with Crippen LogP contribution in [-0.4, -0.2) is 67.8 Å². The molecular formula is C18H42O6SSi2. The van der Waals surface area contributed by atoms with Crippen LogP contribution in [0.15, 0.2) is 0 Å². The van der Waals surface area contributed by atoms with Gasteiger partial charge in [-0.25, -0.2) is 0 Å². The molecular weight excluding hydrogens is 400 g/mol. The highest BCUT2D eigenvalue weighted by atomic mass is 32.2. The van der Waals surface area contributed by atoms with Crippen molar-refractivity contribution in [2.75, 3.05) is 39.6 Å². The summed E-state index contributed by atoms with van der Waals surface area (Å²) in [6, 6.07) is 1.59. The van der Waals surface area contributed by atoms with Gasteiger partial charge in [-0.2, -0.15) is 11.8 Å². The molecule has 27 heavy (non-hydrogen) atoms. The zero-order valence-corrected chi connectivity index (χ0v) is 21.5. The summed E-state index contributed by atoms with van der Waals surface area (Å²) >= 11 is 1.90. The Balaban J connectivity index is 4.98. The lowest BCUT2D eigenvalue weighted by Gasteiger charge is -2.33. The van der Waals surface area contributed by atoms with Gasteiger partial charge in [-0.1, -0.05) is 13.8 Å². The molecule has 0 aromatic heterocycles. The molecule has 0 radical (unpaired) electrons. The number of hydrogen-bond donors (Lipinski definition) is 0. The van der Waals surface area contributed by atoms with Gasteiger partial charge >= 0.3 is 17.6 Å². The van der Waals surface area contributed by atoms with Gasteiger partial charge in [0.25, 0.3) is 0 Å². The average molecular weight is 443 g/mol. The van der Waals surface area contributed by atoms with Gasteiger partial charge in [0.05, 0.1) is 0 Å². The number of rotatable bonds is 18. The highest BCUT2D eigenvalue weighted by molar-refractivity contribution is 8.00. The molecule has 0 aromatic carbocycles. The molecule has 2 unspecified atom stereocenters. The van der Waals surface area contributed by atoms with Crippen molar-refractivity contribution >= 4 is 29.4 Å². The van der Waals surface area contributed by atoms with Crippen molar-refractivity contribution in [3.63, 3.8) is 0 Å². The molecule has 0 fully saturated rings. The summed E-state index contributed by atoms with van der Waals surface area (Å²) in [6.45, 7) is 20.0. The van der Waals surface area contributed by atoms with Crippen molar-refractivity contribution < 1.29 is 26.6 Å². The molecule has 164 valence electrons. The molecule has 0 N–H and O–H groups in total. The first-order valence-corrected chi connectivity index (χ1v) is 15.2. The first-order valence-electron chi connectivity index (χ1n) is 10.3. The van der Waals surface area contributed by atoms with Crippen LogP contribution in [0.25, 0.3) is 0 Å². The van der Waals surface area contributed by atoms with E-state index in [1.165, 1.54) is 0 Å². The smallest absolute Gasteiger partial charge is 0.374 e. The fourth-order valence-electron chi connectivity index (χ4n) is 3.12. The molecule has 0 heterocycles. The summed E-state index contributed by atoms with van der Waals surface area (Å²) in [5, 5.41) is 0.681. The van der Waals surface area contributed by atoms with Crippen molar-refractivity contribution in [3.8, 4) is 0 Å². The third-order valence-corrected chi connectivity index (χ3v) is 12.2. The van der Waals surface area contributed by atoms with E-state index in [-0.39, 0.29) is 0 Å². The van der Waals surface area contributed by atoms with Crippen LogP contribution in [0.1, 0.15) is 55.4 Å². The topological polar surface area (TPSA) is 55.4 Å². The monoisotopic (exact) mass is 442 g/mol. The Morgan fingerprint density at radius 3 is 0.926 bits per heavy atom. The summed E-state index contributed by atoms with van der Waals surface area (Å²) in [6.07, 6.45) is 0. The number of thioether (sulfide) groups is 1. The van der Waals surface area contributed by atoms with Crippen LogP contribution in [0, 0.1) is 0 Å². The molecule has 6 nitrogen and oxygen atoms in total. The van der Waals surface area contributed by atoms with E-state index in [0.717, 1.165) is 12.1 Å². The lowest BCUT2D eigenvalue weighted by molar-refractivity contribution is 0.0712. The van der Waals surface area contributed by atoms with E-state index in [1.54, 1.807) is 0 Å². The zero-order chi connectivity index (χ0) is 20.8. The normalized spacial score (nSPS) is 15.1. The molecule has 0 aliphatic rings. The third-order valence-electron chi connectivity index (χ3n) is 3.73. The molecule has 0 saturated heterocycles. The Bertz CT molecular complexity index is 299. The van der Waals surface area contributed by atoms with E-state index < -0.39 is 17.6 Å². The first-order chi connectivity index (χ1) is 12.9. The van der Waals surface area contributed by atoms with E-state index in [4.69, 9.17) is 26.6 Å². The molecule has 0 aliphatic carbocycles. The summed E-state index contributed by atoms with van der Waals surface area (Å²) in [5.41, 5.74) is 0. The molecule has 2 atom stereocenters. The first kappa shape index (κ1) is 27.5. The zero-order valence-electron chi connectivity index (χ0n) is 18.7. The minimum atomic E-state index is -2.63. The molecule has 0 bridgehead atoms. The van der Waals surface area contributed by atoms with Crippen molar-refractivity contribution in [1.29, 1.82) is 0 Å². The maximum absolute atomic E-state index is 6.00. The van der Waals surface area contributed by atoms with E-state index >= 15 is 0 Å². The quantitative estimate of drug-likeness (QED) is 0.288. The standard InChI is InChI=1S/C18H42O6SSi2/c1-9-19-26(20-10-2,21-11-3)15-17(7)25-18(8)16-27(22-12-4,23-13-5)24-14-6/h17-18H,9-16H2,1-8H3. The molecule has 9 heteroatoms. The maximum Gasteiger partial charge on any atom is 0.502 e. The molecule has 0 aromatic rings. The predicted molar refractivity (Wildman–Crippen MR) is 117 cm³/mol. The molecule has 0 aliphatic heterocycles. The fraction of sp³-hybridized carbons (Fsp3) is 1.00. The summed E-state index contributed by atoms with van der Waals surface area (Å²) in [7, 11) is -5.27. The van der Waals surface area contributed by atoms with E-state index in [1.807, 2.05) is 53.3 Å². The van der Waals surface area contributed by atoms with Crippen molar-refractivity contribution in [2.24, 2.45) is 0 Å². The van der Waals surface area contributed by atoms with Crippen LogP contribution >= 0.6 is 11.8 Å². The molecule has 0 spiro atoms. The van der Waals surface area contributed by atoms with Crippen LogP contribution in [-0.2, 0) is 26.6 Å². The van der Waals surface area contributed by atoms with Gasteiger partial charge in [0.2, 0.25) is 0 Å². The Labute approximate surface area is 173 Å². The Morgan fingerprint density at radius 2 is 0.741 bits per heavy atom. The van der Waals surface area contributed by atoms with Crippen molar-refractivity contribution in [1.82, 2.24) is 0 Å². The van der Waals surface area contributed by atoms with Gasteiger partial charge in [0.1, 0.15) is 0 Å². The molecule has 0 saturated carbocycles. The third kappa shape index (κ3) is 10.8. The van der Waals surface area contributed by atoms with Gasteiger partial charge in [-0.3, -0.25) is 0 Å². The SMILES string of the molecule is CCO[Si](CC(C)SC(C)C[Si](OCC)(OCC)OCC)(OCC)OCC. The lowest BCUT2D eigenvalue weighted by atomic mass is 10.5. The predicted octanol–water partition coefficient (Wildman–Crippen LogP) is 4.59. The average Bonchev–Trinajstić information content (AvgIpc) is 2.55. The van der Waals surface area contributed by atoms with Gasteiger partial charge < -0.3 is 26.6 Å². The minimum Gasteiger partial charge on any atom is -0.374 e. The summed E-state index contributed by atoms with van der Waals surface area (Å²) < 4.78 is 36.0. The summed E-state index contributed by atoms with van der Waals surface area (Å²) in [4.78, 5) is 0. The van der Waals surface area contributed by atoms with Gasteiger partial charge in [-0.05, 0) is 41.5 Å². The maximum atomic E-state index is 6.00. The van der Waals surface area contributed by atoms with E-state index in [2.05, 4.69) is 13.8 Å². The Morgan fingerprint density at radius 1 is 0.519 bits per heavy atom. The largest absolute Gasteiger partial charge is 0.502 e. The van der Waals surface area contributed by atoms with Gasteiger partial charge in [0, 0.05) is 62.2 Å². The second-order valence-electron chi connectivity index (χ2n) is 6.13. The molecule has 0 amide bonds. The second kappa shape index (κ2) is 15.4. The Hall–Kier alpha value is 0.544. The van der Waals surface area contributed by atoms with E-state index in [0.29, 0.717) is 50.1 Å². The van der Waals surface area contributed by atoms with Crippen LogP contribution < -0.4 is 0 Å². The number of hydrogen-bond acceptors (Lipinski definition) is 7. The van der Waals surface area contributed by atoms with Crippen LogP contribution in [0.2, 0.25) is 12.1 Å². The Kier molecular flexibility index (Phi) is 15.7. The van der Waals surface area contributed by atoms with Crippen molar-refractivity contribution in [2.45, 2.75) is 78.0 Å². The minimum absolute atomic E-state index is 0.341. The summed E-state index contributed by atoms with van der Waals surface area (Å²) in [5.74, 6) is 0. The van der Waals surface area contributed by atoms with Gasteiger partial charge in [-0.15, -0.1) is 0 Å². The highest BCUT2D eigenvalue weighted by Crippen LogP contribution is 2.32. The fourth-order valence-corrected chi connectivity index (χ4v) is 11.2. The second-order valence-corrected chi connectivity index (χ2v) is 13.3. The van der Waals surface area contributed by atoms with Crippen LogP contribution in [0.5, 0.6) is 0 Å². The lowest BCUT2D eigenvalue weighted by Crippen LogP contribution is -2.49. The highest BCUT2D eigenvalue weighted by Gasteiger charge is 2.45. The van der Waals surface area contributed by atoms with Crippen molar-refractivity contribution in [3.05, 3.63) is 0 Å². The molecule has 0 rings (SSSR count). The van der Waals surface area contributed by atoms with E-state index in [9.17, 15) is 0 Å².